The maximum absolute atomic E-state index is 11.0. The summed E-state index contributed by atoms with van der Waals surface area (Å²) in [7, 11) is 2.76. The number of ketones is 1. The Bertz CT molecular complexity index is 210. The Labute approximate surface area is 71.8 Å². The van der Waals surface area contributed by atoms with E-state index in [0.717, 1.165) is 0 Å². The zero-order valence-electron chi connectivity index (χ0n) is 7.59. The maximum Gasteiger partial charge on any atom is 0.409 e. The Morgan fingerprint density at radius 2 is 2.00 bits per heavy atom. The van der Waals surface area contributed by atoms with Crippen LogP contribution in [0.15, 0.2) is 12.2 Å². The fourth-order valence-corrected chi connectivity index (χ4v) is 0.571. The number of methoxy groups -OCH3 is 1. The third-order valence-corrected chi connectivity index (χ3v) is 1.34. The number of carbonyl (C=O) groups excluding carboxylic acids is 2. The number of nitrogens with zero attached hydrogens (tertiary/aromatic N) is 1. The van der Waals surface area contributed by atoms with Crippen LogP contribution in [0.4, 0.5) is 4.79 Å². The highest BCUT2D eigenvalue weighted by molar-refractivity contribution is 5.97. The topological polar surface area (TPSA) is 46.6 Å². The molecule has 0 saturated heterocycles. The molecule has 0 saturated carbocycles. The fourth-order valence-electron chi connectivity index (χ4n) is 0.571. The number of carbonyl (C=O) groups is 2. The van der Waals surface area contributed by atoms with E-state index in [4.69, 9.17) is 0 Å². The minimum atomic E-state index is -0.524. The van der Waals surface area contributed by atoms with Gasteiger partial charge in [-0.1, -0.05) is 6.58 Å². The predicted octanol–water partition coefficient (Wildman–Crippen LogP) is 0.830. The van der Waals surface area contributed by atoms with Crippen molar-refractivity contribution in [2.45, 2.75) is 6.92 Å². The van der Waals surface area contributed by atoms with Crippen LogP contribution in [-0.2, 0) is 9.53 Å². The molecule has 1 amide bonds. The molecule has 0 aromatic rings. The van der Waals surface area contributed by atoms with Gasteiger partial charge in [0.1, 0.15) is 0 Å². The summed E-state index contributed by atoms with van der Waals surface area (Å²) in [6, 6.07) is 0. The van der Waals surface area contributed by atoms with Crippen LogP contribution in [0.5, 0.6) is 0 Å². The second-order valence-electron chi connectivity index (χ2n) is 2.53. The van der Waals surface area contributed by atoms with Crippen molar-refractivity contribution in [1.29, 1.82) is 0 Å². The van der Waals surface area contributed by atoms with Gasteiger partial charge in [-0.15, -0.1) is 0 Å². The van der Waals surface area contributed by atoms with E-state index in [1.807, 2.05) is 0 Å². The first kappa shape index (κ1) is 10.7. The van der Waals surface area contributed by atoms with Gasteiger partial charge in [-0.2, -0.15) is 0 Å². The molecule has 0 aliphatic rings. The van der Waals surface area contributed by atoms with E-state index in [9.17, 15) is 9.59 Å². The predicted molar refractivity (Wildman–Crippen MR) is 44.9 cm³/mol. The van der Waals surface area contributed by atoms with Gasteiger partial charge in [0.25, 0.3) is 0 Å². The van der Waals surface area contributed by atoms with Crippen LogP contribution in [0.25, 0.3) is 0 Å². The lowest BCUT2D eigenvalue weighted by Crippen LogP contribution is -2.32. The van der Waals surface area contributed by atoms with Gasteiger partial charge in [0.15, 0.2) is 5.78 Å². The number of likely N-dealkylation sites (N-methyl/N-ethyl adjacent to an activating group) is 1. The van der Waals surface area contributed by atoms with Crippen molar-refractivity contribution < 1.29 is 14.3 Å². The van der Waals surface area contributed by atoms with Crippen molar-refractivity contribution >= 4 is 11.9 Å². The molecule has 0 spiro atoms. The van der Waals surface area contributed by atoms with Crippen LogP contribution in [0, 0.1) is 0 Å². The minimum absolute atomic E-state index is 0.0159. The van der Waals surface area contributed by atoms with E-state index in [0.29, 0.717) is 5.57 Å². The second kappa shape index (κ2) is 4.54. The maximum atomic E-state index is 11.0. The molecule has 0 atom stereocenters. The fraction of sp³-hybridized carbons (Fsp3) is 0.500. The largest absolute Gasteiger partial charge is 0.453 e. The Hall–Kier alpha value is -1.32. The smallest absolute Gasteiger partial charge is 0.409 e. The van der Waals surface area contributed by atoms with E-state index in [2.05, 4.69) is 11.3 Å². The molecule has 4 nitrogen and oxygen atoms in total. The van der Waals surface area contributed by atoms with Crippen LogP contribution < -0.4 is 0 Å². The van der Waals surface area contributed by atoms with Gasteiger partial charge in [-0.3, -0.25) is 4.79 Å². The quantitative estimate of drug-likeness (QED) is 0.591. The average molecular weight is 171 g/mol. The third-order valence-electron chi connectivity index (χ3n) is 1.34. The molecule has 0 unspecified atom stereocenters. The molecule has 0 N–H and O–H groups in total. The summed E-state index contributed by atoms with van der Waals surface area (Å²) in [6.07, 6.45) is -0.524. The molecule has 0 aromatic heterocycles. The number of hydrogen-bond donors (Lipinski definition) is 0. The summed E-state index contributed by atoms with van der Waals surface area (Å²) in [5.41, 5.74) is 0.436. The number of rotatable bonds is 3. The van der Waals surface area contributed by atoms with Gasteiger partial charge in [0.2, 0.25) is 0 Å². The highest BCUT2D eigenvalue weighted by atomic mass is 16.5. The molecule has 0 radical (unpaired) electrons. The number of hydrogen-bond acceptors (Lipinski definition) is 3. The summed E-state index contributed by atoms with van der Waals surface area (Å²) in [5.74, 6) is -0.164. The molecule has 0 aromatic carbocycles. The molecular weight excluding hydrogens is 158 g/mol. The van der Waals surface area contributed by atoms with Crippen LogP contribution >= 0.6 is 0 Å². The molecule has 0 fully saturated rings. The summed E-state index contributed by atoms with van der Waals surface area (Å²) < 4.78 is 4.40. The van der Waals surface area contributed by atoms with Crippen molar-refractivity contribution in [3.05, 3.63) is 12.2 Å². The zero-order chi connectivity index (χ0) is 9.72. The first-order valence-corrected chi connectivity index (χ1v) is 3.46. The van der Waals surface area contributed by atoms with Gasteiger partial charge in [0, 0.05) is 7.05 Å². The standard InChI is InChI=1S/C8H13NO3/c1-6(2)7(10)5-9(3)8(11)12-4/h1,5H2,2-4H3. The highest BCUT2D eigenvalue weighted by Gasteiger charge is 2.12. The molecule has 0 rings (SSSR count). The summed E-state index contributed by atoms with van der Waals surface area (Å²) in [6.45, 7) is 5.09. The summed E-state index contributed by atoms with van der Waals surface area (Å²) in [4.78, 5) is 23.0. The van der Waals surface area contributed by atoms with Crippen LogP contribution in [0.1, 0.15) is 6.92 Å². The SMILES string of the molecule is C=C(C)C(=O)CN(C)C(=O)OC. The molecule has 68 valence electrons. The van der Waals surface area contributed by atoms with Crippen molar-refractivity contribution in [2.75, 3.05) is 20.7 Å². The Balaban J connectivity index is 4.01. The van der Waals surface area contributed by atoms with E-state index < -0.39 is 6.09 Å². The highest BCUT2D eigenvalue weighted by Crippen LogP contribution is 1.94. The third kappa shape index (κ3) is 3.18. The second-order valence-corrected chi connectivity index (χ2v) is 2.53. The molecule has 4 heteroatoms. The first-order valence-electron chi connectivity index (χ1n) is 3.46. The molecule has 0 aliphatic heterocycles. The molecule has 0 bridgehead atoms. The van der Waals surface area contributed by atoms with Gasteiger partial charge < -0.3 is 9.64 Å². The van der Waals surface area contributed by atoms with Crippen molar-refractivity contribution in [3.8, 4) is 0 Å². The average Bonchev–Trinajstić information content (AvgIpc) is 2.02. The molecule has 0 heterocycles. The van der Waals surface area contributed by atoms with Gasteiger partial charge in [-0.05, 0) is 12.5 Å². The molecule has 0 aliphatic carbocycles. The van der Waals surface area contributed by atoms with E-state index in [1.165, 1.54) is 19.1 Å². The number of Topliss-reactive ketones (excluding diaryl/α,β-unsaturated/α-hetero) is 1. The monoisotopic (exact) mass is 171 g/mol. The Morgan fingerprint density at radius 3 is 2.33 bits per heavy atom. The van der Waals surface area contributed by atoms with Gasteiger partial charge in [0.05, 0.1) is 13.7 Å². The molecular formula is C8H13NO3. The summed E-state index contributed by atoms with van der Waals surface area (Å²) >= 11 is 0. The van der Waals surface area contributed by atoms with E-state index in [1.54, 1.807) is 6.92 Å². The van der Waals surface area contributed by atoms with Gasteiger partial charge in [-0.25, -0.2) is 4.79 Å². The van der Waals surface area contributed by atoms with Crippen molar-refractivity contribution in [3.63, 3.8) is 0 Å². The Kier molecular flexibility index (Phi) is 4.04. The lowest BCUT2D eigenvalue weighted by atomic mass is 10.2. The lowest BCUT2D eigenvalue weighted by Gasteiger charge is -2.13. The van der Waals surface area contributed by atoms with E-state index >= 15 is 0 Å². The van der Waals surface area contributed by atoms with Crippen molar-refractivity contribution in [2.24, 2.45) is 0 Å². The molecule has 12 heavy (non-hydrogen) atoms. The first-order chi connectivity index (χ1) is 5.49. The zero-order valence-corrected chi connectivity index (χ0v) is 7.59. The normalized spacial score (nSPS) is 8.92. The lowest BCUT2D eigenvalue weighted by molar-refractivity contribution is -0.116. The Morgan fingerprint density at radius 1 is 1.50 bits per heavy atom. The minimum Gasteiger partial charge on any atom is -0.453 e. The van der Waals surface area contributed by atoms with Crippen molar-refractivity contribution in [1.82, 2.24) is 4.90 Å². The van der Waals surface area contributed by atoms with Crippen LogP contribution in [0.2, 0.25) is 0 Å². The van der Waals surface area contributed by atoms with E-state index in [-0.39, 0.29) is 12.3 Å². The summed E-state index contributed by atoms with van der Waals surface area (Å²) in [5, 5.41) is 0. The number of ether oxygens (including phenoxy) is 1. The van der Waals surface area contributed by atoms with Gasteiger partial charge >= 0.3 is 6.09 Å². The number of amides is 1. The van der Waals surface area contributed by atoms with Crippen LogP contribution in [0.3, 0.4) is 0 Å². The van der Waals surface area contributed by atoms with Crippen LogP contribution in [-0.4, -0.2) is 37.5 Å².